The average Bonchev–Trinajstić information content (AvgIpc) is 3.46. The van der Waals surface area contributed by atoms with Crippen molar-refractivity contribution < 1.29 is 32.4 Å². The summed E-state index contributed by atoms with van der Waals surface area (Å²) in [4.78, 5) is 23.9. The van der Waals surface area contributed by atoms with Crippen molar-refractivity contribution in [3.8, 4) is 0 Å². The van der Waals surface area contributed by atoms with Crippen LogP contribution in [-0.4, -0.2) is 51.8 Å². The molecule has 2 N–H and O–H groups in total. The summed E-state index contributed by atoms with van der Waals surface area (Å²) < 4.78 is 48.6. The van der Waals surface area contributed by atoms with Gasteiger partial charge in [0, 0.05) is 29.1 Å². The highest BCUT2D eigenvalue weighted by atomic mass is 79.9. The number of benzene rings is 1. The lowest BCUT2D eigenvalue weighted by Crippen LogP contribution is -2.47. The minimum Gasteiger partial charge on any atom is -0.391 e. The molecule has 0 aliphatic carbocycles. The molecule has 184 valence electrons. The molecular formula is C22H24BrF3N4O4. The van der Waals surface area contributed by atoms with Gasteiger partial charge in [0.15, 0.2) is 0 Å². The molecule has 3 heterocycles. The van der Waals surface area contributed by atoms with E-state index < -0.39 is 35.9 Å². The maximum Gasteiger partial charge on any atom is 0.445 e. The zero-order valence-corrected chi connectivity index (χ0v) is 20.2. The quantitative estimate of drug-likeness (QED) is 0.593. The van der Waals surface area contributed by atoms with E-state index in [1.807, 2.05) is 13.8 Å². The summed E-state index contributed by atoms with van der Waals surface area (Å²) in [5.41, 5.74) is -0.297. The Morgan fingerprint density at radius 3 is 2.56 bits per heavy atom. The first-order valence-corrected chi connectivity index (χ1v) is 11.5. The standard InChI is InChI=1S/C22H24BrF3N4O4/c1-11(2)18(17-8-12(3)28-33-17)20(32)30-10-15(31)9-16(30)19-27-21(34-29-19,22(24,25)26)13-4-6-14(23)7-5-13/h4-8,11,15-16,18,31H,9-10H2,1-3H3,(H,27,29)/t15-,16+,18-,21?/m1/s1. The highest BCUT2D eigenvalue weighted by Crippen LogP contribution is 2.46. The molecule has 4 atom stereocenters. The molecule has 0 spiro atoms. The van der Waals surface area contributed by atoms with Crippen molar-refractivity contribution in [3.05, 3.63) is 51.8 Å². The number of amidine groups is 1. The zero-order chi connectivity index (χ0) is 24.8. The smallest absolute Gasteiger partial charge is 0.391 e. The first-order chi connectivity index (χ1) is 15.9. The van der Waals surface area contributed by atoms with E-state index in [9.17, 15) is 23.1 Å². The Hall–Kier alpha value is -2.44. The number of nitrogens with zero attached hydrogens (tertiary/aromatic N) is 3. The van der Waals surface area contributed by atoms with Gasteiger partial charge in [-0.15, -0.1) is 0 Å². The molecule has 34 heavy (non-hydrogen) atoms. The third-order valence-electron chi connectivity index (χ3n) is 5.96. The summed E-state index contributed by atoms with van der Waals surface area (Å²) in [7, 11) is 0. The van der Waals surface area contributed by atoms with Gasteiger partial charge < -0.3 is 14.5 Å². The van der Waals surface area contributed by atoms with Gasteiger partial charge in [0.1, 0.15) is 17.5 Å². The summed E-state index contributed by atoms with van der Waals surface area (Å²) in [6.45, 7) is 5.33. The van der Waals surface area contributed by atoms with E-state index in [4.69, 9.17) is 9.36 Å². The van der Waals surface area contributed by atoms with Crippen LogP contribution in [0, 0.1) is 12.8 Å². The zero-order valence-electron chi connectivity index (χ0n) is 18.6. The van der Waals surface area contributed by atoms with Gasteiger partial charge in [-0.1, -0.05) is 47.1 Å². The van der Waals surface area contributed by atoms with Crippen molar-refractivity contribution in [1.82, 2.24) is 15.5 Å². The Morgan fingerprint density at radius 1 is 1.32 bits per heavy atom. The number of aliphatic imine (C=N–C) groups is 1. The SMILES string of the molecule is Cc1cc([C@H](C(=O)N2C[C@H](O)C[C@H]2C2=NC(c3ccc(Br)cc3)(C(F)(F)F)ON2)C(C)C)on1. The fraction of sp³-hybridized carbons (Fsp3) is 0.500. The topological polar surface area (TPSA) is 100 Å². The van der Waals surface area contributed by atoms with Crippen molar-refractivity contribution >= 4 is 27.7 Å². The fourth-order valence-corrected chi connectivity index (χ4v) is 4.59. The Labute approximate surface area is 202 Å². The summed E-state index contributed by atoms with van der Waals surface area (Å²) in [6.07, 6.45) is -5.81. The van der Waals surface area contributed by atoms with E-state index in [-0.39, 0.29) is 30.3 Å². The molecule has 1 aromatic heterocycles. The molecule has 0 radical (unpaired) electrons. The number of hydrogen-bond acceptors (Lipinski definition) is 7. The number of amides is 1. The predicted molar refractivity (Wildman–Crippen MR) is 118 cm³/mol. The lowest BCUT2D eigenvalue weighted by molar-refractivity contribution is -0.285. The van der Waals surface area contributed by atoms with Crippen molar-refractivity contribution in [3.63, 3.8) is 0 Å². The van der Waals surface area contributed by atoms with Crippen LogP contribution >= 0.6 is 15.9 Å². The number of hydroxylamine groups is 1. The minimum atomic E-state index is -4.89. The second-order valence-corrected chi connectivity index (χ2v) is 9.75. The Kier molecular flexibility index (Phi) is 6.51. The number of alkyl halides is 3. The van der Waals surface area contributed by atoms with Crippen molar-refractivity contribution in [1.29, 1.82) is 0 Å². The number of hydrogen-bond donors (Lipinski definition) is 2. The summed E-state index contributed by atoms with van der Waals surface area (Å²) in [6, 6.07) is 6.16. The van der Waals surface area contributed by atoms with Gasteiger partial charge in [-0.3, -0.25) is 4.79 Å². The Bertz CT molecular complexity index is 1090. The molecule has 0 bridgehead atoms. The Balaban J connectivity index is 1.70. The first-order valence-electron chi connectivity index (χ1n) is 10.7. The number of likely N-dealkylation sites (tertiary alicyclic amines) is 1. The van der Waals surface area contributed by atoms with Crippen molar-refractivity contribution in [2.75, 3.05) is 6.54 Å². The third-order valence-corrected chi connectivity index (χ3v) is 6.49. The lowest BCUT2D eigenvalue weighted by Gasteiger charge is -2.29. The third kappa shape index (κ3) is 4.34. The van der Waals surface area contributed by atoms with Gasteiger partial charge in [-0.25, -0.2) is 15.3 Å². The van der Waals surface area contributed by atoms with Crippen LogP contribution in [0.5, 0.6) is 0 Å². The number of β-amino-alcohol motifs (C(OH)–C–C–N with tert-alkyl or cyclic N) is 1. The molecule has 2 aromatic rings. The van der Waals surface area contributed by atoms with Gasteiger partial charge in [0.25, 0.3) is 0 Å². The normalized spacial score (nSPS) is 26.0. The summed E-state index contributed by atoms with van der Waals surface area (Å²) in [5.74, 6) is -1.14. The highest BCUT2D eigenvalue weighted by molar-refractivity contribution is 9.10. The van der Waals surface area contributed by atoms with E-state index in [1.54, 1.807) is 13.0 Å². The molecule has 2 aliphatic rings. The largest absolute Gasteiger partial charge is 0.445 e. The van der Waals surface area contributed by atoms with Crippen molar-refractivity contribution in [2.45, 2.75) is 57.2 Å². The Morgan fingerprint density at radius 2 is 2.00 bits per heavy atom. The molecule has 12 heteroatoms. The highest BCUT2D eigenvalue weighted by Gasteiger charge is 2.62. The second kappa shape index (κ2) is 8.97. The molecule has 0 saturated carbocycles. The van der Waals surface area contributed by atoms with E-state index in [2.05, 4.69) is 31.6 Å². The van der Waals surface area contributed by atoms with Crippen LogP contribution in [0.25, 0.3) is 0 Å². The first kappa shape index (κ1) is 24.7. The maximum atomic E-state index is 14.2. The van der Waals surface area contributed by atoms with E-state index in [0.717, 1.165) is 0 Å². The average molecular weight is 545 g/mol. The second-order valence-electron chi connectivity index (χ2n) is 8.84. The summed E-state index contributed by atoms with van der Waals surface area (Å²) in [5, 5.41) is 14.2. The molecule has 4 rings (SSSR count). The van der Waals surface area contributed by atoms with Gasteiger partial charge in [-0.2, -0.15) is 13.2 Å². The number of nitrogens with one attached hydrogen (secondary N) is 1. The van der Waals surface area contributed by atoms with Crippen molar-refractivity contribution in [2.24, 2.45) is 10.9 Å². The number of aliphatic hydroxyl groups excluding tert-OH is 1. The lowest BCUT2D eigenvalue weighted by atomic mass is 9.91. The molecule has 8 nitrogen and oxygen atoms in total. The summed E-state index contributed by atoms with van der Waals surface area (Å²) >= 11 is 3.21. The number of carbonyl (C=O) groups excluding carboxylic acids is 1. The fourth-order valence-electron chi connectivity index (χ4n) is 4.33. The number of aromatic nitrogens is 1. The minimum absolute atomic E-state index is 0.00938. The van der Waals surface area contributed by atoms with Crippen LogP contribution in [0.1, 0.15) is 43.2 Å². The van der Waals surface area contributed by atoms with Crippen LogP contribution in [0.15, 0.2) is 44.3 Å². The number of aliphatic hydroxyl groups is 1. The molecule has 1 aromatic carbocycles. The number of halogens is 4. The van der Waals surface area contributed by atoms with Gasteiger partial charge in [-0.05, 0) is 25.0 Å². The van der Waals surface area contributed by atoms with Gasteiger partial charge in [0.05, 0.1) is 17.8 Å². The molecule has 1 amide bonds. The van der Waals surface area contributed by atoms with Gasteiger partial charge >= 0.3 is 11.9 Å². The van der Waals surface area contributed by atoms with E-state index in [0.29, 0.717) is 15.9 Å². The molecule has 1 fully saturated rings. The maximum absolute atomic E-state index is 14.2. The van der Waals surface area contributed by atoms with Crippen LogP contribution in [0.4, 0.5) is 13.2 Å². The van der Waals surface area contributed by atoms with Crippen LogP contribution in [0.2, 0.25) is 0 Å². The van der Waals surface area contributed by atoms with Crippen LogP contribution in [0.3, 0.4) is 0 Å². The van der Waals surface area contributed by atoms with E-state index >= 15 is 0 Å². The molecule has 1 saturated heterocycles. The predicted octanol–water partition coefficient (Wildman–Crippen LogP) is 3.80. The van der Waals surface area contributed by atoms with Crippen LogP contribution in [-0.2, 0) is 15.4 Å². The monoisotopic (exact) mass is 544 g/mol. The number of carbonyl (C=O) groups is 1. The molecule has 2 aliphatic heterocycles. The number of rotatable bonds is 5. The van der Waals surface area contributed by atoms with Crippen LogP contribution < -0.4 is 5.48 Å². The molecular weight excluding hydrogens is 521 g/mol. The number of aryl methyl sites for hydroxylation is 1. The van der Waals surface area contributed by atoms with E-state index in [1.165, 1.54) is 29.2 Å². The molecule has 1 unspecified atom stereocenters. The van der Waals surface area contributed by atoms with Gasteiger partial charge in [0.2, 0.25) is 5.91 Å².